The van der Waals surface area contributed by atoms with Crippen LogP contribution in [-0.4, -0.2) is 18.2 Å². The van der Waals surface area contributed by atoms with Crippen LogP contribution in [0.5, 0.6) is 0 Å². The van der Waals surface area contributed by atoms with Gasteiger partial charge in [-0.15, -0.1) is 0 Å². The van der Waals surface area contributed by atoms with Gasteiger partial charge in [0.25, 0.3) is 0 Å². The highest BCUT2D eigenvalue weighted by atomic mass is 16.1. The van der Waals surface area contributed by atoms with Crippen LogP contribution in [0.1, 0.15) is 19.3 Å². The largest absolute Gasteiger partial charge is 0.240 e. The molecule has 2 aliphatic carbocycles. The summed E-state index contributed by atoms with van der Waals surface area (Å²) in [7, 11) is 0. The highest BCUT2D eigenvalue weighted by molar-refractivity contribution is 5.42. The molecule has 2 unspecified atom stereocenters. The van der Waals surface area contributed by atoms with Gasteiger partial charge in [0.1, 0.15) is 0 Å². The Bertz CT molecular complexity index is 360. The molecule has 2 aliphatic rings. The van der Waals surface area contributed by atoms with Crippen molar-refractivity contribution in [1.29, 1.82) is 0 Å². The van der Waals surface area contributed by atoms with Crippen molar-refractivity contribution in [1.82, 2.24) is 0 Å². The van der Waals surface area contributed by atoms with Crippen molar-refractivity contribution >= 4 is 12.2 Å². The second-order valence-electron chi connectivity index (χ2n) is 3.41. The third-order valence-electron chi connectivity index (χ3n) is 2.77. The fourth-order valence-corrected chi connectivity index (χ4v) is 2.19. The molecule has 0 heterocycles. The smallest absolute Gasteiger partial charge is 0.211 e. The molecular formula is C9H8N2O2. The van der Waals surface area contributed by atoms with Crippen molar-refractivity contribution in [3.05, 3.63) is 11.3 Å². The number of nitrogens with zero attached hydrogens (tertiary/aromatic N) is 2. The molecule has 0 aromatic carbocycles. The van der Waals surface area contributed by atoms with Gasteiger partial charge in [-0.25, -0.2) is 14.6 Å². The zero-order valence-corrected chi connectivity index (χ0v) is 6.99. The number of rotatable bonds is 2. The molecule has 0 aromatic heterocycles. The molecule has 1 saturated carbocycles. The Morgan fingerprint density at radius 3 is 2.54 bits per heavy atom. The monoisotopic (exact) mass is 176 g/mol. The first-order valence-electron chi connectivity index (χ1n) is 4.21. The molecule has 0 spiro atoms. The summed E-state index contributed by atoms with van der Waals surface area (Å²) in [6, 6.07) is 0.0816. The molecule has 2 rings (SSSR count). The molecule has 0 saturated heterocycles. The third-order valence-corrected chi connectivity index (χ3v) is 2.77. The Morgan fingerprint density at radius 1 is 1.15 bits per heavy atom. The first-order chi connectivity index (χ1) is 6.35. The lowest BCUT2D eigenvalue weighted by Crippen LogP contribution is -2.12. The van der Waals surface area contributed by atoms with Gasteiger partial charge in [-0.1, -0.05) is 0 Å². The average Bonchev–Trinajstić information content (AvgIpc) is 2.65. The fraction of sp³-hybridized carbons (Fsp3) is 0.556. The van der Waals surface area contributed by atoms with Crippen LogP contribution in [0.3, 0.4) is 0 Å². The number of allylic oxidation sites excluding steroid dienone is 1. The van der Waals surface area contributed by atoms with Crippen LogP contribution in [0.4, 0.5) is 0 Å². The van der Waals surface area contributed by atoms with E-state index in [1.165, 1.54) is 0 Å². The van der Waals surface area contributed by atoms with Crippen LogP contribution in [-0.2, 0) is 9.59 Å². The number of hydrogen-bond donors (Lipinski definition) is 0. The van der Waals surface area contributed by atoms with E-state index in [1.807, 2.05) is 0 Å². The quantitative estimate of drug-likeness (QED) is 0.467. The Kier molecular flexibility index (Phi) is 1.93. The van der Waals surface area contributed by atoms with Crippen molar-refractivity contribution in [3.8, 4) is 0 Å². The van der Waals surface area contributed by atoms with Gasteiger partial charge in [0.2, 0.25) is 12.2 Å². The van der Waals surface area contributed by atoms with E-state index in [4.69, 9.17) is 0 Å². The third kappa shape index (κ3) is 1.26. The standard InChI is InChI=1S/C9H8N2O2/c12-4-10-8-2-6-1-7(8)3-9(6)11-5-13/h6,9H,1-3H2. The van der Waals surface area contributed by atoms with Gasteiger partial charge in [0.15, 0.2) is 0 Å². The summed E-state index contributed by atoms with van der Waals surface area (Å²) in [5.41, 5.74) is 2.02. The average molecular weight is 176 g/mol. The van der Waals surface area contributed by atoms with E-state index in [-0.39, 0.29) is 6.04 Å². The predicted molar refractivity (Wildman–Crippen MR) is 44.4 cm³/mol. The molecule has 0 N–H and O–H groups in total. The van der Waals surface area contributed by atoms with Crippen LogP contribution in [0.15, 0.2) is 21.3 Å². The van der Waals surface area contributed by atoms with Gasteiger partial charge in [0.05, 0.1) is 11.7 Å². The molecule has 0 aromatic rings. The van der Waals surface area contributed by atoms with Crippen LogP contribution in [0.2, 0.25) is 0 Å². The Hall–Kier alpha value is -1.50. The summed E-state index contributed by atoms with van der Waals surface area (Å²) in [5, 5.41) is 0. The predicted octanol–water partition coefficient (Wildman–Crippen LogP) is 1.09. The van der Waals surface area contributed by atoms with E-state index in [9.17, 15) is 9.59 Å². The number of fused-ring (bicyclic) bond motifs is 2. The summed E-state index contributed by atoms with van der Waals surface area (Å²) in [6.07, 6.45) is 5.59. The van der Waals surface area contributed by atoms with Crippen molar-refractivity contribution in [3.63, 3.8) is 0 Å². The van der Waals surface area contributed by atoms with Crippen molar-refractivity contribution < 1.29 is 9.59 Å². The van der Waals surface area contributed by atoms with Gasteiger partial charge in [-0.2, -0.15) is 4.99 Å². The van der Waals surface area contributed by atoms with E-state index in [0.29, 0.717) is 5.92 Å². The minimum Gasteiger partial charge on any atom is -0.211 e. The summed E-state index contributed by atoms with van der Waals surface area (Å²) < 4.78 is 0. The Labute approximate surface area is 75.1 Å². The lowest BCUT2D eigenvalue weighted by molar-refractivity contribution is 0.475. The van der Waals surface area contributed by atoms with Crippen LogP contribution >= 0.6 is 0 Å². The Morgan fingerprint density at radius 2 is 2.00 bits per heavy atom. The highest BCUT2D eigenvalue weighted by Gasteiger charge is 2.38. The second kappa shape index (κ2) is 3.09. The van der Waals surface area contributed by atoms with E-state index >= 15 is 0 Å². The molecule has 2 bridgehead atoms. The van der Waals surface area contributed by atoms with E-state index in [0.717, 1.165) is 30.5 Å². The molecule has 66 valence electrons. The number of isocyanates is 2. The molecule has 0 aliphatic heterocycles. The van der Waals surface area contributed by atoms with Crippen molar-refractivity contribution in [2.24, 2.45) is 15.9 Å². The number of carbonyl (C=O) groups excluding carboxylic acids is 2. The van der Waals surface area contributed by atoms with Gasteiger partial charge in [0, 0.05) is 0 Å². The molecule has 4 nitrogen and oxygen atoms in total. The maximum Gasteiger partial charge on any atom is 0.240 e. The van der Waals surface area contributed by atoms with Gasteiger partial charge >= 0.3 is 0 Å². The SMILES string of the molecule is O=C=NC1=C2CC(C1)C(N=C=O)C2. The van der Waals surface area contributed by atoms with Crippen molar-refractivity contribution in [2.45, 2.75) is 25.3 Å². The zero-order chi connectivity index (χ0) is 9.26. The molecule has 13 heavy (non-hydrogen) atoms. The summed E-state index contributed by atoms with van der Waals surface area (Å²) >= 11 is 0. The molecule has 2 atom stereocenters. The van der Waals surface area contributed by atoms with Crippen LogP contribution in [0, 0.1) is 5.92 Å². The van der Waals surface area contributed by atoms with E-state index in [2.05, 4.69) is 9.98 Å². The molecule has 1 fully saturated rings. The molecular weight excluding hydrogens is 168 g/mol. The van der Waals surface area contributed by atoms with Crippen molar-refractivity contribution in [2.75, 3.05) is 0 Å². The van der Waals surface area contributed by atoms with Gasteiger partial charge in [-0.05, 0) is 30.8 Å². The summed E-state index contributed by atoms with van der Waals surface area (Å²) in [5.74, 6) is 0.364. The van der Waals surface area contributed by atoms with Crippen LogP contribution in [0.25, 0.3) is 0 Å². The lowest BCUT2D eigenvalue weighted by Gasteiger charge is -2.13. The number of hydrogen-bond acceptors (Lipinski definition) is 4. The first-order valence-corrected chi connectivity index (χ1v) is 4.21. The maximum absolute atomic E-state index is 10.1. The zero-order valence-electron chi connectivity index (χ0n) is 6.99. The molecule has 4 heteroatoms. The van der Waals surface area contributed by atoms with Gasteiger partial charge < -0.3 is 0 Å². The normalized spacial score (nSPS) is 29.8. The minimum atomic E-state index is 0.0816. The summed E-state index contributed by atoms with van der Waals surface area (Å²) in [6.45, 7) is 0. The lowest BCUT2D eigenvalue weighted by atomic mass is 9.98. The van der Waals surface area contributed by atoms with E-state index < -0.39 is 0 Å². The van der Waals surface area contributed by atoms with E-state index in [1.54, 1.807) is 12.2 Å². The Balaban J connectivity index is 2.21. The molecule has 0 radical (unpaired) electrons. The van der Waals surface area contributed by atoms with Crippen LogP contribution < -0.4 is 0 Å². The molecule has 0 amide bonds. The fourth-order valence-electron chi connectivity index (χ4n) is 2.19. The van der Waals surface area contributed by atoms with Gasteiger partial charge in [-0.3, -0.25) is 0 Å². The second-order valence-corrected chi connectivity index (χ2v) is 3.41. The number of aliphatic imine (C=N–C) groups is 2. The first kappa shape index (κ1) is 8.11. The maximum atomic E-state index is 10.1. The minimum absolute atomic E-state index is 0.0816. The topological polar surface area (TPSA) is 58.9 Å². The summed E-state index contributed by atoms with van der Waals surface area (Å²) in [4.78, 5) is 27.4. The highest BCUT2D eigenvalue weighted by Crippen LogP contribution is 2.45.